The van der Waals surface area contributed by atoms with Crippen LogP contribution in [0.3, 0.4) is 0 Å². The van der Waals surface area contributed by atoms with E-state index in [1.54, 1.807) is 0 Å². The van der Waals surface area contributed by atoms with Crippen LogP contribution >= 0.6 is 0 Å². The number of anilines is 1. The first-order valence-electron chi connectivity index (χ1n) is 21.6. The van der Waals surface area contributed by atoms with Crippen LogP contribution in [-0.2, 0) is 15.6 Å². The number of nitrogens with zero attached hydrogens (tertiary/aromatic N) is 2. The molecule has 0 aromatic heterocycles. The van der Waals surface area contributed by atoms with Crippen molar-refractivity contribution in [2.45, 2.75) is 174 Å². The topological polar surface area (TPSA) is 52.9 Å². The van der Waals surface area contributed by atoms with Crippen LogP contribution in [0.15, 0.2) is 95.7 Å². The maximum Gasteiger partial charge on any atom is 0.305 e. The van der Waals surface area contributed by atoms with Crippen LogP contribution < -0.4 is 4.90 Å². The lowest BCUT2D eigenvalue weighted by atomic mass is 9.71. The highest BCUT2D eigenvalue weighted by Crippen LogP contribution is 2.53. The third-order valence-corrected chi connectivity index (χ3v) is 11.3. The number of para-hydroxylation sites is 1. The molecule has 1 heterocycles. The van der Waals surface area contributed by atoms with Gasteiger partial charge in [-0.25, -0.2) is 0 Å². The van der Waals surface area contributed by atoms with Crippen LogP contribution in [0.2, 0.25) is 0 Å². The van der Waals surface area contributed by atoms with Gasteiger partial charge in [-0.1, -0.05) is 204 Å². The Morgan fingerprint density at radius 1 is 0.698 bits per heavy atom. The second kappa shape index (κ2) is 24.8. The van der Waals surface area contributed by atoms with Crippen molar-refractivity contribution in [2.24, 2.45) is 4.99 Å². The number of benzene rings is 2. The van der Waals surface area contributed by atoms with Gasteiger partial charge < -0.3 is 10.0 Å². The van der Waals surface area contributed by atoms with Crippen molar-refractivity contribution in [3.8, 4) is 0 Å². The molecule has 0 bridgehead atoms. The third-order valence-electron chi connectivity index (χ3n) is 11.3. The number of unbranched alkanes of at least 4 members (excludes halogenated alkanes) is 14. The van der Waals surface area contributed by atoms with Crippen LogP contribution in [0.1, 0.15) is 174 Å². The molecule has 0 fully saturated rings. The van der Waals surface area contributed by atoms with E-state index in [4.69, 9.17) is 4.99 Å². The normalized spacial score (nSPS) is 15.3. The largest absolute Gasteiger partial charge is 0.481 e. The molecule has 1 N–H and O–H groups in total. The average molecular weight is 723 g/mol. The quantitative estimate of drug-likeness (QED) is 0.0540. The lowest BCUT2D eigenvalue weighted by Crippen LogP contribution is -2.32. The van der Waals surface area contributed by atoms with E-state index in [2.05, 4.69) is 118 Å². The summed E-state index contributed by atoms with van der Waals surface area (Å²) in [6.45, 7) is 12.5. The summed E-state index contributed by atoms with van der Waals surface area (Å²) in [6.07, 6.45) is 35.9. The Hall–Kier alpha value is -3.40. The van der Waals surface area contributed by atoms with Crippen molar-refractivity contribution in [3.63, 3.8) is 0 Å². The molecule has 0 saturated heterocycles. The number of carboxylic acids is 1. The lowest BCUT2D eigenvalue weighted by molar-refractivity contribution is -0.136. The molecule has 2 aromatic rings. The van der Waals surface area contributed by atoms with Gasteiger partial charge in [0.2, 0.25) is 0 Å². The molecule has 0 radical (unpaired) electrons. The first-order valence-corrected chi connectivity index (χ1v) is 21.6. The Morgan fingerprint density at radius 2 is 1.25 bits per heavy atom. The van der Waals surface area contributed by atoms with E-state index in [1.165, 1.54) is 133 Å². The summed E-state index contributed by atoms with van der Waals surface area (Å²) in [5, 5.41) is 9.29. The number of carboxylic acid groups (broad SMARTS) is 1. The van der Waals surface area contributed by atoms with Crippen molar-refractivity contribution < 1.29 is 9.90 Å². The molecule has 1 aliphatic rings. The van der Waals surface area contributed by atoms with Gasteiger partial charge in [-0.3, -0.25) is 9.79 Å². The van der Waals surface area contributed by atoms with E-state index in [9.17, 15) is 9.90 Å². The molecule has 2 aromatic carbocycles. The van der Waals surface area contributed by atoms with Gasteiger partial charge in [-0.05, 0) is 48.6 Å². The Balaban J connectivity index is 1.92. The summed E-state index contributed by atoms with van der Waals surface area (Å²) in [5.74, 6) is -0.822. The molecule has 0 atom stereocenters. The average Bonchev–Trinajstić information content (AvgIpc) is 3.41. The highest BCUT2D eigenvalue weighted by atomic mass is 16.4. The van der Waals surface area contributed by atoms with Gasteiger partial charge in [0.05, 0.1) is 6.42 Å². The zero-order chi connectivity index (χ0) is 38.2. The number of fused-ring (bicyclic) bond motifs is 1. The van der Waals surface area contributed by atoms with E-state index in [0.717, 1.165) is 24.2 Å². The molecule has 53 heavy (non-hydrogen) atoms. The number of aliphatic carboxylic acids is 1. The summed E-state index contributed by atoms with van der Waals surface area (Å²) in [7, 11) is 0. The minimum Gasteiger partial charge on any atom is -0.481 e. The highest BCUT2D eigenvalue weighted by Gasteiger charge is 2.45. The Morgan fingerprint density at radius 3 is 1.81 bits per heavy atom. The number of allylic oxidation sites excluding steroid dienone is 6. The Kier molecular flexibility index (Phi) is 20.6. The monoisotopic (exact) mass is 723 g/mol. The van der Waals surface area contributed by atoms with Gasteiger partial charge in [0.25, 0.3) is 0 Å². The summed E-state index contributed by atoms with van der Waals surface area (Å²) in [5.41, 5.74) is 6.14. The fraction of sp³-hybridized carbons (Fsp3) is 0.592. The minimum atomic E-state index is -0.822. The van der Waals surface area contributed by atoms with E-state index >= 15 is 0 Å². The molecule has 0 saturated carbocycles. The molecule has 1 aliphatic heterocycles. The zero-order valence-corrected chi connectivity index (χ0v) is 34.4. The number of aliphatic imine (C=N–C) groups is 1. The summed E-state index contributed by atoms with van der Waals surface area (Å²) >= 11 is 0. The summed E-state index contributed by atoms with van der Waals surface area (Å²) in [4.78, 5) is 18.8. The van der Waals surface area contributed by atoms with Gasteiger partial charge in [0.15, 0.2) is 0 Å². The Labute approximate surface area is 325 Å². The lowest BCUT2D eigenvalue weighted by Gasteiger charge is -2.34. The third kappa shape index (κ3) is 14.1. The van der Waals surface area contributed by atoms with Gasteiger partial charge in [0, 0.05) is 41.0 Å². The van der Waals surface area contributed by atoms with Crippen molar-refractivity contribution in [1.29, 1.82) is 0 Å². The van der Waals surface area contributed by atoms with Crippen LogP contribution in [-0.4, -0.2) is 29.9 Å². The number of carbonyl (C=O) groups is 1. The zero-order valence-electron chi connectivity index (χ0n) is 34.4. The predicted octanol–water partition coefficient (Wildman–Crippen LogP) is 14.1. The second-order valence-electron chi connectivity index (χ2n) is 15.9. The first-order chi connectivity index (χ1) is 25.8. The maximum absolute atomic E-state index is 11.3. The molecular formula is C49H74N2O2. The standard InChI is InChI=1S/C49H74N2O2/c1-6-9-11-13-15-17-19-29-38-49(39-30-20-18-16-14-12-10-7-2)43-33-27-28-34-44(43)51(41-8-3)46(49)36-26-22-25-35-45(50-40-37-47(52)53)48(4,5)42-31-23-21-24-32-42/h21-28,31-36H,6-20,29-30,37-41H2,1-5H3,(H,52,53)/b26-22+,35-25+,46-36+,50-45?. The van der Waals surface area contributed by atoms with Gasteiger partial charge in [-0.15, -0.1) is 0 Å². The summed E-state index contributed by atoms with van der Waals surface area (Å²) in [6, 6.07) is 19.7. The predicted molar refractivity (Wildman–Crippen MR) is 231 cm³/mol. The molecular weight excluding hydrogens is 649 g/mol. The van der Waals surface area contributed by atoms with E-state index in [0.29, 0.717) is 0 Å². The molecule has 0 amide bonds. The van der Waals surface area contributed by atoms with Crippen molar-refractivity contribution in [1.82, 2.24) is 0 Å². The van der Waals surface area contributed by atoms with Crippen molar-refractivity contribution in [2.75, 3.05) is 18.0 Å². The fourth-order valence-corrected chi connectivity index (χ4v) is 8.22. The molecule has 3 rings (SSSR count). The van der Waals surface area contributed by atoms with Gasteiger partial charge in [-0.2, -0.15) is 0 Å². The molecule has 292 valence electrons. The SMILES string of the molecule is CCCCCCCCCCC1(CCCCCCCCCC)\C(=C/C=C/C=C/C(=NCCC(=O)O)C(C)(C)c2ccccc2)N(CCC)c2ccccc21. The molecule has 4 heteroatoms. The van der Waals surface area contributed by atoms with Gasteiger partial charge in [0.1, 0.15) is 0 Å². The van der Waals surface area contributed by atoms with Crippen molar-refractivity contribution in [3.05, 3.63) is 102 Å². The molecule has 0 unspecified atom stereocenters. The van der Waals surface area contributed by atoms with Crippen molar-refractivity contribution >= 4 is 17.4 Å². The van der Waals surface area contributed by atoms with E-state index < -0.39 is 5.97 Å². The first kappa shape index (κ1) is 44.0. The maximum atomic E-state index is 11.3. The second-order valence-corrected chi connectivity index (χ2v) is 15.9. The van der Waals surface area contributed by atoms with E-state index in [1.807, 2.05) is 6.07 Å². The van der Waals surface area contributed by atoms with E-state index in [-0.39, 0.29) is 23.8 Å². The number of hydrogen-bond donors (Lipinski definition) is 1. The van der Waals surface area contributed by atoms with Gasteiger partial charge >= 0.3 is 5.97 Å². The number of rotatable bonds is 28. The Bertz CT molecular complexity index is 1410. The molecule has 0 spiro atoms. The van der Waals surface area contributed by atoms with Crippen LogP contribution in [0.4, 0.5) is 5.69 Å². The number of hydrogen-bond acceptors (Lipinski definition) is 3. The smallest absolute Gasteiger partial charge is 0.305 e. The highest BCUT2D eigenvalue weighted by molar-refractivity contribution is 6.03. The van der Waals surface area contributed by atoms with Crippen LogP contribution in [0.5, 0.6) is 0 Å². The minimum absolute atomic E-state index is 0.0256. The molecule has 4 nitrogen and oxygen atoms in total. The van der Waals surface area contributed by atoms with Crippen LogP contribution in [0, 0.1) is 0 Å². The van der Waals surface area contributed by atoms with Crippen LogP contribution in [0.25, 0.3) is 0 Å². The molecule has 0 aliphatic carbocycles. The summed E-state index contributed by atoms with van der Waals surface area (Å²) < 4.78 is 0. The fourth-order valence-electron chi connectivity index (χ4n) is 8.22.